The van der Waals surface area contributed by atoms with E-state index < -0.39 is 23.2 Å². The predicted octanol–water partition coefficient (Wildman–Crippen LogP) is 3.18. The molecule has 0 saturated heterocycles. The molecule has 5 nitrogen and oxygen atoms in total. The predicted molar refractivity (Wildman–Crippen MR) is 87.3 cm³/mol. The van der Waals surface area contributed by atoms with Gasteiger partial charge in [-0.25, -0.2) is 0 Å². The zero-order valence-corrected chi connectivity index (χ0v) is 14.1. The fourth-order valence-corrected chi connectivity index (χ4v) is 4.97. The van der Waals surface area contributed by atoms with E-state index in [1.54, 1.807) is 13.8 Å². The molecule has 2 atom stereocenters. The van der Waals surface area contributed by atoms with Crippen molar-refractivity contribution < 1.29 is 14.7 Å². The van der Waals surface area contributed by atoms with Crippen molar-refractivity contribution in [2.75, 3.05) is 5.32 Å². The molecular formula is C17H20N2O3S. The summed E-state index contributed by atoms with van der Waals surface area (Å²) in [4.78, 5) is 24.9. The van der Waals surface area contributed by atoms with E-state index in [9.17, 15) is 20.0 Å². The summed E-state index contributed by atoms with van der Waals surface area (Å²) in [5.74, 6) is -2.40. The first-order valence-electron chi connectivity index (χ1n) is 7.96. The summed E-state index contributed by atoms with van der Waals surface area (Å²) in [5, 5.41) is 22.1. The lowest BCUT2D eigenvalue weighted by Crippen LogP contribution is -2.17. The van der Waals surface area contributed by atoms with Gasteiger partial charge in [0.15, 0.2) is 0 Å². The highest BCUT2D eigenvalue weighted by molar-refractivity contribution is 7.16. The van der Waals surface area contributed by atoms with E-state index in [2.05, 4.69) is 11.4 Å². The molecule has 2 N–H and O–H groups in total. The van der Waals surface area contributed by atoms with Gasteiger partial charge in [0.25, 0.3) is 0 Å². The monoisotopic (exact) mass is 332 g/mol. The minimum absolute atomic E-state index is 0.282. The van der Waals surface area contributed by atoms with E-state index in [0.717, 1.165) is 31.2 Å². The Morgan fingerprint density at radius 1 is 1.26 bits per heavy atom. The van der Waals surface area contributed by atoms with Gasteiger partial charge >= 0.3 is 5.97 Å². The van der Waals surface area contributed by atoms with E-state index in [4.69, 9.17) is 0 Å². The summed E-state index contributed by atoms with van der Waals surface area (Å²) in [5.41, 5.74) is 1.12. The zero-order valence-electron chi connectivity index (χ0n) is 13.3. The smallest absolute Gasteiger partial charge is 0.307 e. The second-order valence-corrected chi connectivity index (χ2v) is 8.09. The fraction of sp³-hybridized carbons (Fsp3) is 0.588. The standard InChI is InChI=1S/C17H20N2O3S/c1-17(2)12(13(17)16(21)22)14(20)19-15-10(8-18)9-6-4-3-5-7-11(9)23-15/h12-13H,3-7H2,1-2H3,(H,19,20)(H,21,22)/t12-,13-/m0/s1. The van der Waals surface area contributed by atoms with Crippen molar-refractivity contribution in [1.82, 2.24) is 0 Å². The molecule has 3 rings (SSSR count). The Hall–Kier alpha value is -1.87. The zero-order chi connectivity index (χ0) is 16.8. The summed E-state index contributed by atoms with van der Waals surface area (Å²) in [7, 11) is 0. The fourth-order valence-electron chi connectivity index (χ4n) is 3.73. The van der Waals surface area contributed by atoms with Crippen LogP contribution in [0.3, 0.4) is 0 Å². The van der Waals surface area contributed by atoms with E-state index in [0.29, 0.717) is 10.6 Å². The highest BCUT2D eigenvalue weighted by Crippen LogP contribution is 2.58. The number of hydrogen-bond donors (Lipinski definition) is 2. The third kappa shape index (κ3) is 2.63. The quantitative estimate of drug-likeness (QED) is 0.832. The molecule has 1 amide bonds. The average Bonchev–Trinajstić information content (AvgIpc) is 3.02. The molecule has 1 aromatic heterocycles. The molecule has 23 heavy (non-hydrogen) atoms. The Balaban J connectivity index is 1.83. The van der Waals surface area contributed by atoms with Crippen molar-refractivity contribution in [2.24, 2.45) is 17.3 Å². The maximum Gasteiger partial charge on any atom is 0.307 e. The highest BCUT2D eigenvalue weighted by atomic mass is 32.1. The van der Waals surface area contributed by atoms with Gasteiger partial charge in [0.2, 0.25) is 5.91 Å². The van der Waals surface area contributed by atoms with Gasteiger partial charge in [0, 0.05) is 4.88 Å². The highest BCUT2D eigenvalue weighted by Gasteiger charge is 2.66. The number of nitrogens with one attached hydrogen (secondary N) is 1. The largest absolute Gasteiger partial charge is 0.481 e. The number of fused-ring (bicyclic) bond motifs is 1. The number of aryl methyl sites for hydroxylation is 1. The van der Waals surface area contributed by atoms with Crippen LogP contribution in [-0.4, -0.2) is 17.0 Å². The molecule has 0 aliphatic heterocycles. The number of thiophene rings is 1. The number of carboxylic acid groups (broad SMARTS) is 1. The van der Waals surface area contributed by atoms with E-state index in [1.807, 2.05) is 0 Å². The van der Waals surface area contributed by atoms with Crippen molar-refractivity contribution in [3.8, 4) is 6.07 Å². The van der Waals surface area contributed by atoms with Crippen LogP contribution in [0.2, 0.25) is 0 Å². The summed E-state index contributed by atoms with van der Waals surface area (Å²) in [6.45, 7) is 3.59. The molecule has 1 heterocycles. The molecular weight excluding hydrogens is 312 g/mol. The van der Waals surface area contributed by atoms with Crippen molar-refractivity contribution in [2.45, 2.75) is 46.0 Å². The SMILES string of the molecule is CC1(C)[C@H](C(=O)O)[C@H]1C(=O)Nc1sc2c(c1C#N)CCCCC2. The Morgan fingerprint density at radius 2 is 1.96 bits per heavy atom. The third-order valence-electron chi connectivity index (χ3n) is 5.15. The molecule has 1 aromatic rings. The number of aliphatic carboxylic acids is 1. The second kappa shape index (κ2) is 5.64. The van der Waals surface area contributed by atoms with Crippen molar-refractivity contribution >= 4 is 28.2 Å². The van der Waals surface area contributed by atoms with E-state index >= 15 is 0 Å². The maximum absolute atomic E-state index is 12.5. The number of amides is 1. The van der Waals surface area contributed by atoms with Gasteiger partial charge in [0.1, 0.15) is 11.1 Å². The van der Waals surface area contributed by atoms with Gasteiger partial charge in [-0.15, -0.1) is 11.3 Å². The van der Waals surface area contributed by atoms with Gasteiger partial charge in [-0.2, -0.15) is 5.26 Å². The normalized spacial score (nSPS) is 24.9. The number of nitrogens with zero attached hydrogens (tertiary/aromatic N) is 1. The lowest BCUT2D eigenvalue weighted by atomic mass is 10.1. The third-order valence-corrected chi connectivity index (χ3v) is 6.35. The van der Waals surface area contributed by atoms with Gasteiger partial charge in [-0.3, -0.25) is 9.59 Å². The second-order valence-electron chi connectivity index (χ2n) is 6.98. The summed E-state index contributed by atoms with van der Waals surface area (Å²) >= 11 is 1.48. The van der Waals surface area contributed by atoms with Gasteiger partial charge in [-0.05, 0) is 36.7 Å². The summed E-state index contributed by atoms with van der Waals surface area (Å²) in [6, 6.07) is 2.23. The maximum atomic E-state index is 12.5. The molecule has 0 aromatic carbocycles. The molecule has 0 unspecified atom stereocenters. The van der Waals surface area contributed by atoms with Gasteiger partial charge in [-0.1, -0.05) is 20.3 Å². The first-order valence-corrected chi connectivity index (χ1v) is 8.78. The number of hydrogen-bond acceptors (Lipinski definition) is 4. The molecule has 0 radical (unpaired) electrons. The Morgan fingerprint density at radius 3 is 2.57 bits per heavy atom. The Bertz CT molecular complexity index is 714. The van der Waals surface area contributed by atoms with Crippen LogP contribution < -0.4 is 5.32 Å². The average molecular weight is 332 g/mol. The molecule has 0 spiro atoms. The van der Waals surface area contributed by atoms with Crippen LogP contribution in [0.15, 0.2) is 0 Å². The van der Waals surface area contributed by atoms with Crippen LogP contribution in [-0.2, 0) is 22.4 Å². The van der Waals surface area contributed by atoms with Gasteiger partial charge in [0.05, 0.1) is 17.4 Å². The Kier molecular flexibility index (Phi) is 3.93. The van der Waals surface area contributed by atoms with Crippen LogP contribution in [0, 0.1) is 28.6 Å². The summed E-state index contributed by atoms with van der Waals surface area (Å²) < 4.78 is 0. The molecule has 122 valence electrons. The van der Waals surface area contributed by atoms with Crippen LogP contribution in [0.4, 0.5) is 5.00 Å². The lowest BCUT2D eigenvalue weighted by molar-refractivity contribution is -0.140. The van der Waals surface area contributed by atoms with Crippen molar-refractivity contribution in [3.05, 3.63) is 16.0 Å². The number of carboxylic acids is 1. The molecule has 0 bridgehead atoms. The minimum Gasteiger partial charge on any atom is -0.481 e. The van der Waals surface area contributed by atoms with Crippen LogP contribution in [0.5, 0.6) is 0 Å². The first-order chi connectivity index (χ1) is 10.9. The van der Waals surface area contributed by atoms with Gasteiger partial charge < -0.3 is 10.4 Å². The number of carbonyl (C=O) groups excluding carboxylic acids is 1. The van der Waals surface area contributed by atoms with E-state index in [-0.39, 0.29) is 5.91 Å². The minimum atomic E-state index is -0.933. The van der Waals surface area contributed by atoms with Crippen LogP contribution >= 0.6 is 11.3 Å². The lowest BCUT2D eigenvalue weighted by Gasteiger charge is -2.05. The van der Waals surface area contributed by atoms with Crippen molar-refractivity contribution in [1.29, 1.82) is 5.26 Å². The van der Waals surface area contributed by atoms with E-state index in [1.165, 1.54) is 22.6 Å². The van der Waals surface area contributed by atoms with Crippen LogP contribution in [0.25, 0.3) is 0 Å². The number of anilines is 1. The molecule has 2 aliphatic carbocycles. The first kappa shape index (κ1) is 16.0. The number of rotatable bonds is 3. The number of nitriles is 1. The molecule has 6 heteroatoms. The Labute approximate surface area is 139 Å². The number of carbonyl (C=O) groups is 2. The molecule has 1 fully saturated rings. The topological polar surface area (TPSA) is 90.2 Å². The van der Waals surface area contributed by atoms with Crippen molar-refractivity contribution in [3.63, 3.8) is 0 Å². The molecule has 1 saturated carbocycles. The van der Waals surface area contributed by atoms with Crippen LogP contribution in [0.1, 0.15) is 49.1 Å². The molecule has 2 aliphatic rings. The summed E-state index contributed by atoms with van der Waals surface area (Å²) in [6.07, 6.45) is 5.20.